The van der Waals surface area contributed by atoms with E-state index in [0.29, 0.717) is 23.4 Å². The summed E-state index contributed by atoms with van der Waals surface area (Å²) in [6.45, 7) is 3.54. The molecule has 0 aliphatic carbocycles. The number of aromatic nitrogens is 6. The number of nitrogens with zero attached hydrogens (tertiary/aromatic N) is 7. The van der Waals surface area contributed by atoms with Crippen molar-refractivity contribution in [3.63, 3.8) is 0 Å². The van der Waals surface area contributed by atoms with Gasteiger partial charge in [0.2, 0.25) is 17.8 Å². The fourth-order valence-electron chi connectivity index (χ4n) is 5.12. The number of pyridine rings is 1. The average Bonchev–Trinajstić information content (AvgIpc) is 3.69. The van der Waals surface area contributed by atoms with Crippen LogP contribution in [0.4, 0.5) is 5.13 Å². The molecule has 0 bridgehead atoms. The Kier molecular flexibility index (Phi) is 7.83. The van der Waals surface area contributed by atoms with Gasteiger partial charge in [0.05, 0.1) is 17.0 Å². The number of rotatable bonds is 10. The van der Waals surface area contributed by atoms with Crippen LogP contribution in [0.5, 0.6) is 11.5 Å². The van der Waals surface area contributed by atoms with Gasteiger partial charge in [-0.05, 0) is 29.7 Å². The van der Waals surface area contributed by atoms with Crippen molar-refractivity contribution < 1.29 is 39.1 Å². The number of carbonyl (C=O) groups is 3. The summed E-state index contributed by atoms with van der Waals surface area (Å²) >= 11 is 2.56. The van der Waals surface area contributed by atoms with Crippen LogP contribution in [0, 0.1) is 12.8 Å². The molecule has 16 nitrogen and oxygen atoms in total. The third-order valence-electron chi connectivity index (χ3n) is 7.45. The minimum absolute atomic E-state index is 0.126. The van der Waals surface area contributed by atoms with Crippen molar-refractivity contribution in [1.82, 2.24) is 30.5 Å². The molecule has 1 fully saturated rings. The number of anilines is 1. The third kappa shape index (κ3) is 5.64. The summed E-state index contributed by atoms with van der Waals surface area (Å²) in [5.74, 6) is -2.59. The number of phenols is 2. The normalized spacial score (nSPS) is 18.9. The van der Waals surface area contributed by atoms with Crippen molar-refractivity contribution in [2.24, 2.45) is 11.1 Å². The number of phenolic OH excluding ortho intramolecular Hbond substituents is 2. The standard InChI is InChI=1S/C27H25N9O7S2/c1-11-3-13-4-18(37)19(38)5-14(13)7-35(11)8-15-9-44-25-16(24(40)36(25)22(15)23-30-33-34-31-23)6-20(39)21(17-10-45-27(28)29-17)32-43-12(2)26(41)42/h3-5,7,10,12,16,25H,6,8-9H2,1-2H3,(H5,28,29,30,31,33,34,38,41,42)/p+1/b32-21-/t12-,16+,25+/m0/s1. The molecule has 0 saturated carbocycles. The molecular weight excluding hydrogens is 626 g/mol. The Morgan fingerprint density at radius 1 is 1.27 bits per heavy atom. The summed E-state index contributed by atoms with van der Waals surface area (Å²) in [5.41, 5.74) is 7.84. The van der Waals surface area contributed by atoms with Gasteiger partial charge >= 0.3 is 5.97 Å². The number of thiazole rings is 1. The number of fused-ring (bicyclic) bond motifs is 2. The highest BCUT2D eigenvalue weighted by Crippen LogP contribution is 2.47. The molecule has 4 aromatic rings. The fraction of sp³-hybridized carbons (Fsp3) is 0.296. The number of aromatic hydroxyl groups is 2. The Balaban J connectivity index is 1.28. The number of aromatic amines is 1. The Bertz CT molecular complexity index is 1910. The number of oxime groups is 1. The van der Waals surface area contributed by atoms with Gasteiger partial charge in [0.15, 0.2) is 46.6 Å². The molecule has 3 aromatic heterocycles. The van der Waals surface area contributed by atoms with E-state index in [1.807, 2.05) is 23.8 Å². The monoisotopic (exact) mass is 652 g/mol. The molecule has 0 spiro atoms. The first-order valence-electron chi connectivity index (χ1n) is 13.5. The van der Waals surface area contributed by atoms with Crippen LogP contribution >= 0.6 is 23.1 Å². The van der Waals surface area contributed by atoms with Crippen molar-refractivity contribution >= 4 is 68.1 Å². The molecule has 45 heavy (non-hydrogen) atoms. The van der Waals surface area contributed by atoms with E-state index in [9.17, 15) is 24.6 Å². The van der Waals surface area contributed by atoms with Gasteiger partial charge in [0.25, 0.3) is 0 Å². The largest absolute Gasteiger partial charge is 0.504 e. The number of aliphatic carboxylic acids is 1. The third-order valence-corrected chi connectivity index (χ3v) is 9.52. The van der Waals surface area contributed by atoms with Crippen LogP contribution in [0.25, 0.3) is 16.5 Å². The molecule has 1 amide bonds. The number of carboxylic acid groups (broad SMARTS) is 1. The number of amides is 1. The number of carboxylic acids is 1. The first kappa shape index (κ1) is 29.9. The number of benzene rings is 1. The number of β-lactam (4-membered cyclic amide) rings is 1. The van der Waals surface area contributed by atoms with Gasteiger partial charge in [-0.2, -0.15) is 9.78 Å². The summed E-state index contributed by atoms with van der Waals surface area (Å²) in [6, 6.07) is 4.85. The number of thioether (sulfide) groups is 1. The highest BCUT2D eigenvalue weighted by molar-refractivity contribution is 8.00. The van der Waals surface area contributed by atoms with Crippen molar-refractivity contribution in [2.45, 2.75) is 38.3 Å². The number of nitrogen functional groups attached to an aromatic ring is 1. The number of H-pyrrole nitrogens is 1. The minimum Gasteiger partial charge on any atom is -0.504 e. The molecule has 0 unspecified atom stereocenters. The van der Waals surface area contributed by atoms with Crippen molar-refractivity contribution in [2.75, 3.05) is 11.5 Å². The molecule has 6 rings (SSSR count). The van der Waals surface area contributed by atoms with E-state index in [2.05, 4.69) is 30.8 Å². The number of nitrogens with one attached hydrogen (secondary N) is 1. The molecule has 1 saturated heterocycles. The molecule has 6 N–H and O–H groups in total. The van der Waals surface area contributed by atoms with Crippen molar-refractivity contribution in [3.8, 4) is 11.5 Å². The van der Waals surface area contributed by atoms with Crippen LogP contribution in [0.2, 0.25) is 0 Å². The lowest BCUT2D eigenvalue weighted by atomic mass is 9.89. The molecule has 2 aliphatic rings. The van der Waals surface area contributed by atoms with E-state index in [4.69, 9.17) is 15.7 Å². The highest BCUT2D eigenvalue weighted by Gasteiger charge is 2.54. The van der Waals surface area contributed by atoms with Gasteiger partial charge in [-0.25, -0.2) is 9.78 Å². The van der Waals surface area contributed by atoms with Crippen LogP contribution in [-0.2, 0) is 25.8 Å². The number of hydrogen-bond donors (Lipinski definition) is 5. The summed E-state index contributed by atoms with van der Waals surface area (Å²) in [7, 11) is 0. The van der Waals surface area contributed by atoms with Gasteiger partial charge in [0.1, 0.15) is 5.69 Å². The molecule has 0 radical (unpaired) electrons. The van der Waals surface area contributed by atoms with Crippen LogP contribution in [0.3, 0.4) is 0 Å². The lowest BCUT2D eigenvalue weighted by molar-refractivity contribution is -0.693. The summed E-state index contributed by atoms with van der Waals surface area (Å²) in [6.07, 6.45) is 0.305. The number of ketones is 1. The Morgan fingerprint density at radius 2 is 2.02 bits per heavy atom. The lowest BCUT2D eigenvalue weighted by Gasteiger charge is -2.49. The number of aryl methyl sites for hydroxylation is 1. The summed E-state index contributed by atoms with van der Waals surface area (Å²) in [4.78, 5) is 49.0. The maximum atomic E-state index is 13.7. The Hall–Kier alpha value is -5.10. The number of hydrogen-bond acceptors (Lipinski definition) is 14. The topological polar surface area (TPSA) is 234 Å². The zero-order chi connectivity index (χ0) is 32.0. The second-order valence-corrected chi connectivity index (χ2v) is 12.4. The predicted molar refractivity (Wildman–Crippen MR) is 161 cm³/mol. The average molecular weight is 653 g/mol. The Morgan fingerprint density at radius 3 is 2.69 bits per heavy atom. The molecule has 1 aromatic carbocycles. The SMILES string of the molecule is Cc1cc2cc(O)c(O)cc2c[n+]1CC1=C(c2nn[nH]n2)N2C(=O)[C@@H](CC(=O)/C(=N\O[C@@H](C)C(=O)O)c3csc(N)n3)[C@H]2SC1. The highest BCUT2D eigenvalue weighted by atomic mass is 32.2. The number of tetrazole rings is 1. The number of Topliss-reactive ketones (excluding diaryl/α,β-unsaturated/α-hetero) is 1. The number of carbonyl (C=O) groups excluding carboxylic acids is 2. The van der Waals surface area contributed by atoms with Crippen LogP contribution in [0.1, 0.15) is 30.6 Å². The first-order valence-corrected chi connectivity index (χ1v) is 15.4. The summed E-state index contributed by atoms with van der Waals surface area (Å²) < 4.78 is 1.96. The van der Waals surface area contributed by atoms with E-state index in [1.165, 1.54) is 36.2 Å². The summed E-state index contributed by atoms with van der Waals surface area (Å²) in [5, 5.41) is 50.0. The van der Waals surface area contributed by atoms with Crippen LogP contribution < -0.4 is 10.3 Å². The quantitative estimate of drug-likeness (QED) is 0.0533. The number of nitrogens with two attached hydrogens (primary N) is 1. The first-order chi connectivity index (χ1) is 21.5. The smallest absolute Gasteiger partial charge is 0.347 e. The van der Waals surface area contributed by atoms with Crippen molar-refractivity contribution in [3.05, 3.63) is 52.6 Å². The van der Waals surface area contributed by atoms with Gasteiger partial charge < -0.3 is 25.9 Å². The predicted octanol–water partition coefficient (Wildman–Crippen LogP) is 1.19. The van der Waals surface area contributed by atoms with E-state index >= 15 is 0 Å². The molecule has 232 valence electrons. The second kappa shape index (κ2) is 11.8. The molecule has 18 heteroatoms. The van der Waals surface area contributed by atoms with Gasteiger partial charge in [-0.3, -0.25) is 14.5 Å². The maximum Gasteiger partial charge on any atom is 0.347 e. The molecule has 5 heterocycles. The Labute approximate surface area is 262 Å². The molecule has 2 aliphatic heterocycles. The maximum absolute atomic E-state index is 13.7. The van der Waals surface area contributed by atoms with E-state index in [-0.39, 0.29) is 46.2 Å². The molecule has 3 atom stereocenters. The zero-order valence-corrected chi connectivity index (χ0v) is 25.4. The van der Waals surface area contributed by atoms with E-state index < -0.39 is 29.1 Å². The van der Waals surface area contributed by atoms with Crippen LogP contribution in [0.15, 0.2) is 40.5 Å². The van der Waals surface area contributed by atoms with Gasteiger partial charge in [-0.1, -0.05) is 5.16 Å². The molecular formula is C27H26N9O7S2+. The zero-order valence-electron chi connectivity index (χ0n) is 23.7. The van der Waals surface area contributed by atoms with E-state index in [1.54, 1.807) is 4.90 Å². The minimum atomic E-state index is -1.32. The second-order valence-electron chi connectivity index (χ2n) is 10.4. The van der Waals surface area contributed by atoms with Crippen LogP contribution in [-0.4, -0.2) is 86.4 Å². The van der Waals surface area contributed by atoms with Crippen molar-refractivity contribution in [1.29, 1.82) is 0 Å². The van der Waals surface area contributed by atoms with E-state index in [0.717, 1.165) is 28.0 Å². The lowest BCUT2D eigenvalue weighted by Crippen LogP contribution is -2.61. The fourth-order valence-corrected chi connectivity index (χ4v) is 7.07. The van der Waals surface area contributed by atoms with Gasteiger partial charge in [0, 0.05) is 41.5 Å². The van der Waals surface area contributed by atoms with Gasteiger partial charge in [-0.15, -0.1) is 33.3 Å².